The van der Waals surface area contributed by atoms with Crippen LogP contribution in [0.25, 0.3) is 11.0 Å². The lowest BCUT2D eigenvalue weighted by Crippen LogP contribution is -2.10. The summed E-state index contributed by atoms with van der Waals surface area (Å²) in [4.78, 5) is 24.5. The van der Waals surface area contributed by atoms with E-state index in [1.54, 1.807) is 0 Å². The van der Waals surface area contributed by atoms with Crippen LogP contribution in [-0.2, 0) is 0 Å². The number of fused-ring (bicyclic) bond motifs is 1. The second-order valence-electron chi connectivity index (χ2n) is 2.57. The fraction of sp³-hybridized carbons (Fsp3) is 0. The molecule has 2 rings (SSSR count). The highest BCUT2D eigenvalue weighted by Gasteiger charge is 2.04. The Labute approximate surface area is 71.8 Å². The molecule has 2 aromatic rings. The van der Waals surface area contributed by atoms with Gasteiger partial charge in [0.1, 0.15) is 11.0 Å². The average molecular weight is 178 g/mol. The predicted octanol–water partition coefficient (Wildman–Crippen LogP) is 0.0635. The van der Waals surface area contributed by atoms with Gasteiger partial charge < -0.3 is 15.1 Å². The van der Waals surface area contributed by atoms with Crippen LogP contribution < -0.4 is 16.9 Å². The van der Waals surface area contributed by atoms with Crippen LogP contribution in [0.5, 0.6) is 0 Å². The Bertz CT molecular complexity index is 567. The summed E-state index contributed by atoms with van der Waals surface area (Å²) in [6.45, 7) is 0. The summed E-state index contributed by atoms with van der Waals surface area (Å²) in [6.07, 6.45) is 1.40. The van der Waals surface area contributed by atoms with Crippen molar-refractivity contribution in [3.63, 3.8) is 0 Å². The van der Waals surface area contributed by atoms with Gasteiger partial charge in [-0.15, -0.1) is 0 Å². The lowest BCUT2D eigenvalue weighted by atomic mass is 10.2. The molecule has 0 spiro atoms. The third-order valence-electron chi connectivity index (χ3n) is 1.70. The van der Waals surface area contributed by atoms with Crippen LogP contribution in [0.4, 0.5) is 5.69 Å². The van der Waals surface area contributed by atoms with Gasteiger partial charge in [-0.25, -0.2) is 4.79 Å². The van der Waals surface area contributed by atoms with E-state index in [1.165, 1.54) is 12.3 Å². The van der Waals surface area contributed by atoms with Gasteiger partial charge in [0.05, 0.1) is 5.69 Å². The first kappa shape index (κ1) is 7.60. The van der Waals surface area contributed by atoms with E-state index in [0.717, 1.165) is 6.07 Å². The van der Waals surface area contributed by atoms with Crippen LogP contribution in [0.2, 0.25) is 0 Å². The predicted molar refractivity (Wildman–Crippen MR) is 47.5 cm³/mol. The van der Waals surface area contributed by atoms with Crippen molar-refractivity contribution in [2.24, 2.45) is 0 Å². The Morgan fingerprint density at radius 2 is 2.15 bits per heavy atom. The lowest BCUT2D eigenvalue weighted by molar-refractivity contribution is 0.561. The molecule has 0 aliphatic rings. The first-order valence-electron chi connectivity index (χ1n) is 3.59. The van der Waals surface area contributed by atoms with E-state index >= 15 is 0 Å². The van der Waals surface area contributed by atoms with Crippen molar-refractivity contribution in [3.05, 3.63) is 39.1 Å². The van der Waals surface area contributed by atoms with Crippen molar-refractivity contribution in [3.8, 4) is 0 Å². The topological polar surface area (TPSA) is 89.1 Å². The molecule has 5 heteroatoms. The maximum atomic E-state index is 11.2. The SMILES string of the molecule is Nc1cc(=O)oc2cc[nH]c(=O)c12. The van der Waals surface area contributed by atoms with E-state index < -0.39 is 5.63 Å². The number of H-pyrrole nitrogens is 1. The average Bonchev–Trinajstić information content (AvgIpc) is 2.02. The van der Waals surface area contributed by atoms with Gasteiger partial charge >= 0.3 is 5.63 Å². The van der Waals surface area contributed by atoms with Crippen molar-refractivity contribution in [1.82, 2.24) is 4.98 Å². The van der Waals surface area contributed by atoms with E-state index in [2.05, 4.69) is 4.98 Å². The molecule has 66 valence electrons. The number of aromatic amines is 1. The molecule has 2 aromatic heterocycles. The minimum Gasteiger partial charge on any atom is -0.422 e. The van der Waals surface area contributed by atoms with E-state index in [-0.39, 0.29) is 22.2 Å². The molecule has 3 N–H and O–H groups in total. The molecule has 0 saturated heterocycles. The quantitative estimate of drug-likeness (QED) is 0.597. The smallest absolute Gasteiger partial charge is 0.338 e. The molecule has 0 aliphatic heterocycles. The summed E-state index contributed by atoms with van der Waals surface area (Å²) in [5.74, 6) is 0. The highest BCUT2D eigenvalue weighted by molar-refractivity contribution is 5.86. The standard InChI is InChI=1S/C8H6N2O3/c9-4-3-6(11)13-5-1-2-10-8(12)7(4)5/h1-3H,9H2,(H,10,12). The first-order valence-corrected chi connectivity index (χ1v) is 3.59. The summed E-state index contributed by atoms with van der Waals surface area (Å²) in [7, 11) is 0. The van der Waals surface area contributed by atoms with Gasteiger partial charge in [0.25, 0.3) is 5.56 Å². The minimum absolute atomic E-state index is 0.133. The summed E-state index contributed by atoms with van der Waals surface area (Å²) >= 11 is 0. The third kappa shape index (κ3) is 1.10. The normalized spacial score (nSPS) is 10.5. The van der Waals surface area contributed by atoms with Crippen LogP contribution >= 0.6 is 0 Å². The third-order valence-corrected chi connectivity index (χ3v) is 1.70. The Hall–Kier alpha value is -2.04. The fourth-order valence-corrected chi connectivity index (χ4v) is 1.16. The van der Waals surface area contributed by atoms with Crippen molar-refractivity contribution < 1.29 is 4.42 Å². The van der Waals surface area contributed by atoms with Crippen molar-refractivity contribution in [2.45, 2.75) is 0 Å². The van der Waals surface area contributed by atoms with Gasteiger partial charge in [-0.05, 0) is 6.07 Å². The molecule has 0 unspecified atom stereocenters. The number of pyridine rings is 1. The zero-order chi connectivity index (χ0) is 9.42. The second kappa shape index (κ2) is 2.48. The van der Waals surface area contributed by atoms with Crippen molar-refractivity contribution >= 4 is 16.7 Å². The van der Waals surface area contributed by atoms with Crippen LogP contribution in [0, 0.1) is 0 Å². The van der Waals surface area contributed by atoms with Crippen LogP contribution in [0.3, 0.4) is 0 Å². The molecule has 13 heavy (non-hydrogen) atoms. The largest absolute Gasteiger partial charge is 0.422 e. The molecule has 2 heterocycles. The van der Waals surface area contributed by atoms with Gasteiger partial charge in [-0.2, -0.15) is 0 Å². The highest BCUT2D eigenvalue weighted by Crippen LogP contribution is 2.12. The van der Waals surface area contributed by atoms with Gasteiger partial charge in [-0.1, -0.05) is 0 Å². The molecule has 0 fully saturated rings. The Morgan fingerprint density at radius 1 is 1.38 bits per heavy atom. The zero-order valence-electron chi connectivity index (χ0n) is 6.53. The van der Waals surface area contributed by atoms with Gasteiger partial charge in [0.15, 0.2) is 0 Å². The molecule has 0 aliphatic carbocycles. The van der Waals surface area contributed by atoms with Gasteiger partial charge in [0, 0.05) is 12.3 Å². The van der Waals surface area contributed by atoms with E-state index in [4.69, 9.17) is 10.2 Å². The van der Waals surface area contributed by atoms with Crippen LogP contribution in [0.1, 0.15) is 0 Å². The van der Waals surface area contributed by atoms with E-state index in [9.17, 15) is 9.59 Å². The maximum Gasteiger partial charge on any atom is 0.338 e. The monoisotopic (exact) mass is 178 g/mol. The maximum absolute atomic E-state index is 11.2. The molecule has 0 aromatic carbocycles. The summed E-state index contributed by atoms with van der Waals surface area (Å²) in [6, 6.07) is 2.56. The van der Waals surface area contributed by atoms with Gasteiger partial charge in [0.2, 0.25) is 0 Å². The van der Waals surface area contributed by atoms with E-state index in [0.29, 0.717) is 0 Å². The number of aromatic nitrogens is 1. The summed E-state index contributed by atoms with van der Waals surface area (Å²) < 4.78 is 4.77. The molecule has 0 amide bonds. The molecule has 0 radical (unpaired) electrons. The van der Waals surface area contributed by atoms with Crippen molar-refractivity contribution in [2.75, 3.05) is 5.73 Å². The Kier molecular flexibility index (Phi) is 1.45. The van der Waals surface area contributed by atoms with Crippen LogP contribution in [0.15, 0.2) is 32.3 Å². The molecular weight excluding hydrogens is 172 g/mol. The van der Waals surface area contributed by atoms with E-state index in [1.807, 2.05) is 0 Å². The molecule has 0 bridgehead atoms. The van der Waals surface area contributed by atoms with Crippen molar-refractivity contribution in [1.29, 1.82) is 0 Å². The molecular formula is C8H6N2O3. The molecule has 5 nitrogen and oxygen atoms in total. The molecule has 0 saturated carbocycles. The Balaban J connectivity index is 3.12. The number of nitrogen functional groups attached to an aromatic ring is 1. The lowest BCUT2D eigenvalue weighted by Gasteiger charge is -1.96. The Morgan fingerprint density at radius 3 is 2.92 bits per heavy atom. The van der Waals surface area contributed by atoms with Crippen LogP contribution in [-0.4, -0.2) is 4.98 Å². The number of nitrogens with one attached hydrogen (secondary N) is 1. The summed E-state index contributed by atoms with van der Waals surface area (Å²) in [5, 5.41) is 0.210. The summed E-state index contributed by atoms with van der Waals surface area (Å²) in [5.41, 5.74) is 4.89. The first-order chi connectivity index (χ1) is 6.18. The second-order valence-corrected chi connectivity index (χ2v) is 2.57. The number of hydrogen-bond acceptors (Lipinski definition) is 4. The molecule has 0 atom stereocenters. The fourth-order valence-electron chi connectivity index (χ4n) is 1.16. The number of nitrogens with two attached hydrogens (primary N) is 1. The van der Waals surface area contributed by atoms with Gasteiger partial charge in [-0.3, -0.25) is 4.79 Å². The minimum atomic E-state index is -0.560. The highest BCUT2D eigenvalue weighted by atomic mass is 16.4. The number of rotatable bonds is 0. The number of anilines is 1. The number of hydrogen-bond donors (Lipinski definition) is 2. The zero-order valence-corrected chi connectivity index (χ0v) is 6.53.